The van der Waals surface area contributed by atoms with E-state index in [-0.39, 0.29) is 0 Å². The fraction of sp³-hybridized carbons (Fsp3) is 0.875. The van der Waals surface area contributed by atoms with Crippen molar-refractivity contribution in [3.05, 3.63) is 0 Å². The minimum atomic E-state index is 0.711. The molecule has 1 nitrogen and oxygen atoms in total. The van der Waals surface area contributed by atoms with E-state index in [1.807, 2.05) is 11.8 Å². The van der Waals surface area contributed by atoms with Gasteiger partial charge < -0.3 is 0 Å². The summed E-state index contributed by atoms with van der Waals surface area (Å²) in [4.78, 5) is 4.25. The molecule has 2 heteroatoms. The SMILES string of the molecule is CSC=NCC(C)C(C)C. The molecule has 60 valence electrons. The molecule has 0 radical (unpaired) electrons. The number of hydrogen-bond acceptors (Lipinski definition) is 2. The zero-order chi connectivity index (χ0) is 7.98. The zero-order valence-electron chi connectivity index (χ0n) is 7.29. The average Bonchev–Trinajstić information content (AvgIpc) is 1.88. The highest BCUT2D eigenvalue weighted by molar-refractivity contribution is 8.11. The van der Waals surface area contributed by atoms with Crippen LogP contribution in [0.3, 0.4) is 0 Å². The van der Waals surface area contributed by atoms with Crippen molar-refractivity contribution < 1.29 is 0 Å². The minimum absolute atomic E-state index is 0.711. The summed E-state index contributed by atoms with van der Waals surface area (Å²) in [5, 5.41) is 0. The number of aliphatic imine (C=N–C) groups is 1. The van der Waals surface area contributed by atoms with Gasteiger partial charge in [0.15, 0.2) is 0 Å². The van der Waals surface area contributed by atoms with E-state index in [2.05, 4.69) is 25.8 Å². The summed E-state index contributed by atoms with van der Waals surface area (Å²) in [5.41, 5.74) is 1.92. The van der Waals surface area contributed by atoms with E-state index < -0.39 is 0 Å². The summed E-state index contributed by atoms with van der Waals surface area (Å²) < 4.78 is 0. The van der Waals surface area contributed by atoms with Gasteiger partial charge in [0.1, 0.15) is 0 Å². The van der Waals surface area contributed by atoms with E-state index >= 15 is 0 Å². The van der Waals surface area contributed by atoms with E-state index in [0.29, 0.717) is 5.92 Å². The Bertz CT molecular complexity index is 99.4. The molecule has 0 heterocycles. The van der Waals surface area contributed by atoms with Crippen LogP contribution in [0.2, 0.25) is 0 Å². The second-order valence-electron chi connectivity index (χ2n) is 2.93. The minimum Gasteiger partial charge on any atom is -0.286 e. The van der Waals surface area contributed by atoms with Gasteiger partial charge in [0.05, 0.1) is 5.55 Å². The molecule has 0 aliphatic carbocycles. The Morgan fingerprint density at radius 1 is 1.40 bits per heavy atom. The van der Waals surface area contributed by atoms with Crippen LogP contribution in [0.4, 0.5) is 0 Å². The first-order chi connectivity index (χ1) is 4.68. The Morgan fingerprint density at radius 2 is 2.00 bits per heavy atom. The van der Waals surface area contributed by atoms with E-state index in [4.69, 9.17) is 0 Å². The standard InChI is InChI=1S/C8H17NS/c1-7(2)8(3)5-9-6-10-4/h6-8H,5H2,1-4H3. The quantitative estimate of drug-likeness (QED) is 0.454. The highest BCUT2D eigenvalue weighted by atomic mass is 32.2. The maximum atomic E-state index is 4.25. The largest absolute Gasteiger partial charge is 0.286 e. The average molecular weight is 159 g/mol. The highest BCUT2D eigenvalue weighted by Gasteiger charge is 2.03. The molecule has 0 aliphatic heterocycles. The van der Waals surface area contributed by atoms with Gasteiger partial charge in [-0.15, -0.1) is 11.8 Å². The molecule has 1 atom stereocenters. The fourth-order valence-corrected chi connectivity index (χ4v) is 0.730. The van der Waals surface area contributed by atoms with Crippen LogP contribution in [0.5, 0.6) is 0 Å². The van der Waals surface area contributed by atoms with Crippen molar-refractivity contribution in [2.75, 3.05) is 12.8 Å². The van der Waals surface area contributed by atoms with Crippen LogP contribution >= 0.6 is 11.8 Å². The smallest absolute Gasteiger partial charge is 0.0538 e. The monoisotopic (exact) mass is 159 g/mol. The lowest BCUT2D eigenvalue weighted by Gasteiger charge is -2.11. The Hall–Kier alpha value is 0.0200. The molecule has 0 fully saturated rings. The highest BCUT2D eigenvalue weighted by Crippen LogP contribution is 2.09. The number of thioether (sulfide) groups is 1. The number of hydrogen-bond donors (Lipinski definition) is 0. The summed E-state index contributed by atoms with van der Waals surface area (Å²) in [6.45, 7) is 7.68. The third-order valence-corrected chi connectivity index (χ3v) is 2.07. The lowest BCUT2D eigenvalue weighted by atomic mass is 9.99. The molecule has 10 heavy (non-hydrogen) atoms. The van der Waals surface area contributed by atoms with Crippen LogP contribution in [0.1, 0.15) is 20.8 Å². The first kappa shape index (κ1) is 10.0. The molecular formula is C8H17NS. The van der Waals surface area contributed by atoms with Crippen LogP contribution in [-0.2, 0) is 0 Å². The molecule has 0 aromatic carbocycles. The first-order valence-corrected chi connectivity index (χ1v) is 4.98. The predicted octanol–water partition coefficient (Wildman–Crippen LogP) is 2.67. The van der Waals surface area contributed by atoms with Crippen LogP contribution in [0.25, 0.3) is 0 Å². The van der Waals surface area contributed by atoms with E-state index in [0.717, 1.165) is 12.5 Å². The lowest BCUT2D eigenvalue weighted by Crippen LogP contribution is -2.07. The normalized spacial score (nSPS) is 14.9. The third-order valence-electron chi connectivity index (χ3n) is 1.71. The molecule has 0 N–H and O–H groups in total. The number of nitrogens with zero attached hydrogens (tertiary/aromatic N) is 1. The fourth-order valence-electron chi connectivity index (χ4n) is 0.495. The van der Waals surface area contributed by atoms with Gasteiger partial charge in [-0.25, -0.2) is 0 Å². The van der Waals surface area contributed by atoms with Gasteiger partial charge in [0, 0.05) is 6.54 Å². The topological polar surface area (TPSA) is 12.4 Å². The van der Waals surface area contributed by atoms with Gasteiger partial charge in [-0.2, -0.15) is 0 Å². The maximum Gasteiger partial charge on any atom is 0.0538 e. The molecule has 0 amide bonds. The Balaban J connectivity index is 3.38. The molecule has 0 saturated carbocycles. The van der Waals surface area contributed by atoms with Crippen molar-refractivity contribution in [1.82, 2.24) is 0 Å². The number of rotatable bonds is 4. The van der Waals surface area contributed by atoms with Crippen LogP contribution in [0, 0.1) is 11.8 Å². The molecule has 0 aliphatic rings. The van der Waals surface area contributed by atoms with Crippen molar-refractivity contribution >= 4 is 17.3 Å². The van der Waals surface area contributed by atoms with E-state index in [9.17, 15) is 0 Å². The van der Waals surface area contributed by atoms with Crippen molar-refractivity contribution in [1.29, 1.82) is 0 Å². The summed E-state index contributed by atoms with van der Waals surface area (Å²) in [5.74, 6) is 1.46. The van der Waals surface area contributed by atoms with Crippen molar-refractivity contribution in [2.45, 2.75) is 20.8 Å². The van der Waals surface area contributed by atoms with Gasteiger partial charge in [-0.05, 0) is 18.1 Å². The van der Waals surface area contributed by atoms with Gasteiger partial charge in [0.25, 0.3) is 0 Å². The lowest BCUT2D eigenvalue weighted by molar-refractivity contribution is 0.431. The Labute approximate surface area is 68.3 Å². The molecule has 0 aromatic rings. The molecule has 0 aromatic heterocycles. The molecule has 0 bridgehead atoms. The zero-order valence-corrected chi connectivity index (χ0v) is 8.11. The second kappa shape index (κ2) is 5.78. The molecular weight excluding hydrogens is 142 g/mol. The van der Waals surface area contributed by atoms with Gasteiger partial charge >= 0.3 is 0 Å². The van der Waals surface area contributed by atoms with Crippen molar-refractivity contribution in [3.63, 3.8) is 0 Å². The van der Waals surface area contributed by atoms with E-state index in [1.165, 1.54) is 0 Å². The van der Waals surface area contributed by atoms with Crippen LogP contribution < -0.4 is 0 Å². The summed E-state index contributed by atoms with van der Waals surface area (Å²) in [7, 11) is 0. The van der Waals surface area contributed by atoms with Crippen molar-refractivity contribution in [2.24, 2.45) is 16.8 Å². The van der Waals surface area contributed by atoms with Gasteiger partial charge in [-0.3, -0.25) is 4.99 Å². The van der Waals surface area contributed by atoms with E-state index in [1.54, 1.807) is 11.8 Å². The third kappa shape index (κ3) is 4.86. The summed E-state index contributed by atoms with van der Waals surface area (Å²) in [6, 6.07) is 0. The van der Waals surface area contributed by atoms with Crippen LogP contribution in [-0.4, -0.2) is 18.3 Å². The summed E-state index contributed by atoms with van der Waals surface area (Å²) >= 11 is 1.66. The molecule has 0 saturated heterocycles. The predicted molar refractivity (Wildman–Crippen MR) is 50.9 cm³/mol. The maximum absolute atomic E-state index is 4.25. The second-order valence-corrected chi connectivity index (χ2v) is 3.61. The van der Waals surface area contributed by atoms with Crippen LogP contribution in [0.15, 0.2) is 4.99 Å². The molecule has 1 unspecified atom stereocenters. The Kier molecular flexibility index (Phi) is 5.79. The first-order valence-electron chi connectivity index (χ1n) is 3.69. The molecule has 0 spiro atoms. The van der Waals surface area contributed by atoms with Gasteiger partial charge in [-0.1, -0.05) is 20.8 Å². The van der Waals surface area contributed by atoms with Crippen molar-refractivity contribution in [3.8, 4) is 0 Å². The summed E-state index contributed by atoms with van der Waals surface area (Å²) in [6.07, 6.45) is 2.03. The molecule has 0 rings (SSSR count). The Morgan fingerprint density at radius 3 is 2.40 bits per heavy atom. The van der Waals surface area contributed by atoms with Gasteiger partial charge in [0.2, 0.25) is 0 Å².